The highest BCUT2D eigenvalue weighted by Gasteiger charge is 2.26. The maximum Gasteiger partial charge on any atom is 0.335 e. The van der Waals surface area contributed by atoms with Gasteiger partial charge in [-0.15, -0.1) is 0 Å². The molecule has 1 aliphatic heterocycles. The second-order valence-corrected chi connectivity index (χ2v) is 7.60. The van der Waals surface area contributed by atoms with Crippen LogP contribution >= 0.6 is 11.8 Å². The lowest BCUT2D eigenvalue weighted by Crippen LogP contribution is -2.40. The molecule has 1 saturated carbocycles. The number of carboxylic acid groups (broad SMARTS) is 1. The zero-order valence-electron chi connectivity index (χ0n) is 13.2. The van der Waals surface area contributed by atoms with E-state index in [1.165, 1.54) is 12.8 Å². The Morgan fingerprint density at radius 2 is 2.09 bits per heavy atom. The van der Waals surface area contributed by atoms with Crippen LogP contribution in [0.5, 0.6) is 0 Å². The van der Waals surface area contributed by atoms with E-state index in [1.807, 2.05) is 11.0 Å². The fraction of sp³-hybridized carbons (Fsp3) is 0.556. The summed E-state index contributed by atoms with van der Waals surface area (Å²) in [5.74, 6) is 2.13. The van der Waals surface area contributed by atoms with Gasteiger partial charge >= 0.3 is 5.97 Å². The van der Waals surface area contributed by atoms with E-state index >= 15 is 0 Å². The highest BCUT2D eigenvalue weighted by molar-refractivity contribution is 7.99. The monoisotopic (exact) mass is 333 g/mol. The van der Waals surface area contributed by atoms with E-state index in [-0.39, 0.29) is 11.8 Å². The third kappa shape index (κ3) is 4.50. The van der Waals surface area contributed by atoms with Crippen LogP contribution in [-0.2, 0) is 4.79 Å². The minimum Gasteiger partial charge on any atom is -0.478 e. The molecule has 124 valence electrons. The van der Waals surface area contributed by atoms with Gasteiger partial charge in [0, 0.05) is 19.0 Å². The van der Waals surface area contributed by atoms with Crippen molar-refractivity contribution in [2.45, 2.75) is 31.6 Å². The first-order valence-electron chi connectivity index (χ1n) is 8.32. The molecule has 1 aromatic rings. The zero-order valence-corrected chi connectivity index (χ0v) is 14.1. The molecular formula is C18H23NO3S. The van der Waals surface area contributed by atoms with Crippen LogP contribution in [-0.4, -0.2) is 46.5 Å². The number of likely N-dealkylation sites (tertiary alicyclic amines) is 1. The van der Waals surface area contributed by atoms with Gasteiger partial charge in [-0.1, -0.05) is 12.1 Å². The van der Waals surface area contributed by atoms with Gasteiger partial charge in [0.25, 0.3) is 0 Å². The standard InChI is InChI=1S/C18H23NO3S/c20-17(12-23-11-13-6-7-13)19-8-2-5-16(10-19)14-3-1-4-15(9-14)18(21)22/h1,3-4,9,13,16H,2,5-8,10-12H2,(H,21,22)/t16-/m1/s1. The number of carbonyl (C=O) groups is 2. The fourth-order valence-corrected chi connectivity index (χ4v) is 4.23. The summed E-state index contributed by atoms with van der Waals surface area (Å²) in [7, 11) is 0. The van der Waals surface area contributed by atoms with Crippen LogP contribution in [0.2, 0.25) is 0 Å². The first-order valence-corrected chi connectivity index (χ1v) is 9.47. The number of hydrogen-bond donors (Lipinski definition) is 1. The Labute approximate surface area is 141 Å². The van der Waals surface area contributed by atoms with Crippen molar-refractivity contribution < 1.29 is 14.7 Å². The Kier molecular flexibility index (Phi) is 5.26. The quantitative estimate of drug-likeness (QED) is 0.868. The summed E-state index contributed by atoms with van der Waals surface area (Å²) in [5.41, 5.74) is 1.36. The Balaban J connectivity index is 1.57. The van der Waals surface area contributed by atoms with Crippen LogP contribution in [0.4, 0.5) is 0 Å². The molecule has 2 fully saturated rings. The maximum absolute atomic E-state index is 12.4. The predicted molar refractivity (Wildman–Crippen MR) is 92.0 cm³/mol. The Bertz CT molecular complexity index is 585. The Morgan fingerprint density at radius 3 is 2.83 bits per heavy atom. The summed E-state index contributed by atoms with van der Waals surface area (Å²) < 4.78 is 0. The molecular weight excluding hydrogens is 310 g/mol. The van der Waals surface area contributed by atoms with Crippen LogP contribution in [0.3, 0.4) is 0 Å². The molecule has 0 radical (unpaired) electrons. The molecule has 1 heterocycles. The van der Waals surface area contributed by atoms with E-state index in [9.17, 15) is 9.59 Å². The van der Waals surface area contributed by atoms with Crippen molar-refractivity contribution in [2.75, 3.05) is 24.6 Å². The number of thioether (sulfide) groups is 1. The predicted octanol–water partition coefficient (Wildman–Crippen LogP) is 3.23. The molecule has 1 amide bonds. The molecule has 0 bridgehead atoms. The molecule has 1 aromatic carbocycles. The summed E-state index contributed by atoms with van der Waals surface area (Å²) in [6.45, 7) is 1.55. The minimum atomic E-state index is -0.896. The summed E-state index contributed by atoms with van der Waals surface area (Å²) in [6, 6.07) is 7.15. The Morgan fingerprint density at radius 1 is 1.26 bits per heavy atom. The highest BCUT2D eigenvalue weighted by Crippen LogP contribution is 2.33. The van der Waals surface area contributed by atoms with Gasteiger partial charge in [-0.05, 0) is 55.1 Å². The van der Waals surface area contributed by atoms with Crippen molar-refractivity contribution in [2.24, 2.45) is 5.92 Å². The van der Waals surface area contributed by atoms with Gasteiger partial charge in [0.1, 0.15) is 0 Å². The fourth-order valence-electron chi connectivity index (χ4n) is 3.09. The third-order valence-corrected chi connectivity index (χ3v) is 5.81. The van der Waals surface area contributed by atoms with Gasteiger partial charge in [-0.3, -0.25) is 4.79 Å². The average Bonchev–Trinajstić information content (AvgIpc) is 3.39. The second-order valence-electron chi connectivity index (χ2n) is 6.57. The molecule has 0 spiro atoms. The number of hydrogen-bond acceptors (Lipinski definition) is 3. The van der Waals surface area contributed by atoms with Crippen LogP contribution in [0.1, 0.15) is 47.5 Å². The number of piperidine rings is 1. The highest BCUT2D eigenvalue weighted by atomic mass is 32.2. The lowest BCUT2D eigenvalue weighted by atomic mass is 9.89. The van der Waals surface area contributed by atoms with Gasteiger partial charge in [0.05, 0.1) is 11.3 Å². The summed E-state index contributed by atoms with van der Waals surface area (Å²) in [5, 5.41) is 9.13. The molecule has 1 saturated heterocycles. The second kappa shape index (κ2) is 7.39. The van der Waals surface area contributed by atoms with Crippen LogP contribution in [0, 0.1) is 5.92 Å². The first kappa shape index (κ1) is 16.4. The number of nitrogens with zero attached hydrogens (tertiary/aromatic N) is 1. The van der Waals surface area contributed by atoms with E-state index in [0.717, 1.165) is 36.6 Å². The average molecular weight is 333 g/mol. The third-order valence-electron chi connectivity index (χ3n) is 4.66. The number of aromatic carboxylic acids is 1. The van der Waals surface area contributed by atoms with Crippen LogP contribution < -0.4 is 0 Å². The number of carboxylic acids is 1. The molecule has 1 atom stereocenters. The van der Waals surface area contributed by atoms with Gasteiger partial charge in [-0.2, -0.15) is 11.8 Å². The largest absolute Gasteiger partial charge is 0.478 e. The molecule has 1 aliphatic carbocycles. The van der Waals surface area contributed by atoms with Crippen molar-refractivity contribution in [1.82, 2.24) is 4.90 Å². The number of benzene rings is 1. The van der Waals surface area contributed by atoms with E-state index in [0.29, 0.717) is 17.9 Å². The van der Waals surface area contributed by atoms with Gasteiger partial charge in [0.2, 0.25) is 5.91 Å². The van der Waals surface area contributed by atoms with E-state index in [2.05, 4.69) is 0 Å². The molecule has 2 aliphatic rings. The van der Waals surface area contributed by atoms with Gasteiger partial charge < -0.3 is 10.0 Å². The number of amides is 1. The SMILES string of the molecule is O=C(O)c1cccc([C@@H]2CCCN(C(=O)CSCC3CC3)C2)c1. The maximum atomic E-state index is 12.4. The smallest absolute Gasteiger partial charge is 0.335 e. The van der Waals surface area contributed by atoms with E-state index in [1.54, 1.807) is 30.0 Å². The summed E-state index contributed by atoms with van der Waals surface area (Å²) >= 11 is 1.76. The van der Waals surface area contributed by atoms with Crippen LogP contribution in [0.25, 0.3) is 0 Å². The van der Waals surface area contributed by atoms with Crippen molar-refractivity contribution in [1.29, 1.82) is 0 Å². The molecule has 0 unspecified atom stereocenters. The van der Waals surface area contributed by atoms with E-state index in [4.69, 9.17) is 5.11 Å². The van der Waals surface area contributed by atoms with Crippen molar-refractivity contribution in [3.8, 4) is 0 Å². The summed E-state index contributed by atoms with van der Waals surface area (Å²) in [6.07, 6.45) is 4.66. The van der Waals surface area contributed by atoms with Crippen molar-refractivity contribution in [3.63, 3.8) is 0 Å². The summed E-state index contributed by atoms with van der Waals surface area (Å²) in [4.78, 5) is 25.4. The molecule has 3 rings (SSSR count). The van der Waals surface area contributed by atoms with Crippen molar-refractivity contribution >= 4 is 23.6 Å². The molecule has 4 nitrogen and oxygen atoms in total. The molecule has 1 N–H and O–H groups in total. The van der Waals surface area contributed by atoms with Gasteiger partial charge in [0.15, 0.2) is 0 Å². The first-order chi connectivity index (χ1) is 11.1. The Hall–Kier alpha value is -1.49. The normalized spacial score (nSPS) is 21.2. The molecule has 5 heteroatoms. The topological polar surface area (TPSA) is 57.6 Å². The molecule has 0 aromatic heterocycles. The number of rotatable bonds is 6. The lowest BCUT2D eigenvalue weighted by Gasteiger charge is -2.33. The van der Waals surface area contributed by atoms with Gasteiger partial charge in [-0.25, -0.2) is 4.79 Å². The van der Waals surface area contributed by atoms with E-state index < -0.39 is 5.97 Å². The zero-order chi connectivity index (χ0) is 16.2. The molecule has 23 heavy (non-hydrogen) atoms. The van der Waals surface area contributed by atoms with Crippen molar-refractivity contribution in [3.05, 3.63) is 35.4 Å². The number of carbonyl (C=O) groups excluding carboxylic acids is 1. The lowest BCUT2D eigenvalue weighted by molar-refractivity contribution is -0.129. The minimum absolute atomic E-state index is 0.231. The van der Waals surface area contributed by atoms with Crippen LogP contribution in [0.15, 0.2) is 24.3 Å².